The van der Waals surface area contributed by atoms with Crippen LogP contribution in [0.25, 0.3) is 6.08 Å². The highest BCUT2D eigenvalue weighted by atomic mass is 16.6. The fourth-order valence-corrected chi connectivity index (χ4v) is 3.68. The first kappa shape index (κ1) is 19.3. The number of methoxy groups -OCH3 is 2. The standard InChI is InChI=1S/C21H19NO6/c1-27-19(23)21(20(24)28-2)17(13-8-14-6-4-3-5-7-14)18(21)15-9-11-16(12-10-15)22(25)26/h3-13,17-18H,1-2H3/b13-8+/t17-,18-/m1/s1. The quantitative estimate of drug-likeness (QED) is 0.329. The molecular weight excluding hydrogens is 362 g/mol. The molecule has 28 heavy (non-hydrogen) atoms. The van der Waals surface area contributed by atoms with E-state index in [0.29, 0.717) is 5.56 Å². The molecule has 0 heterocycles. The summed E-state index contributed by atoms with van der Waals surface area (Å²) in [6, 6.07) is 15.3. The number of hydrogen-bond acceptors (Lipinski definition) is 6. The first-order valence-electron chi connectivity index (χ1n) is 8.61. The number of nitrogens with zero attached hydrogens (tertiary/aromatic N) is 1. The van der Waals surface area contributed by atoms with Crippen molar-refractivity contribution in [3.63, 3.8) is 0 Å². The Hall–Kier alpha value is -3.48. The highest BCUT2D eigenvalue weighted by molar-refractivity contribution is 6.06. The van der Waals surface area contributed by atoms with Gasteiger partial charge in [0, 0.05) is 24.0 Å². The second-order valence-electron chi connectivity index (χ2n) is 6.47. The minimum absolute atomic E-state index is 0.0671. The lowest BCUT2D eigenvalue weighted by atomic mass is 9.98. The summed E-state index contributed by atoms with van der Waals surface area (Å²) in [6.45, 7) is 0. The van der Waals surface area contributed by atoms with Crippen molar-refractivity contribution in [2.75, 3.05) is 14.2 Å². The van der Waals surface area contributed by atoms with Crippen LogP contribution in [-0.2, 0) is 19.1 Å². The van der Waals surface area contributed by atoms with Gasteiger partial charge in [-0.15, -0.1) is 0 Å². The van der Waals surface area contributed by atoms with Gasteiger partial charge in [-0.05, 0) is 11.1 Å². The molecule has 0 amide bonds. The molecule has 7 nitrogen and oxygen atoms in total. The maximum Gasteiger partial charge on any atom is 0.324 e. The number of allylic oxidation sites excluding steroid dienone is 1. The van der Waals surface area contributed by atoms with Gasteiger partial charge in [0.25, 0.3) is 5.69 Å². The van der Waals surface area contributed by atoms with Gasteiger partial charge in [0.2, 0.25) is 0 Å². The first-order valence-corrected chi connectivity index (χ1v) is 8.61. The third kappa shape index (κ3) is 3.15. The van der Waals surface area contributed by atoms with Crippen LogP contribution in [0, 0.1) is 21.4 Å². The number of hydrogen-bond donors (Lipinski definition) is 0. The maximum absolute atomic E-state index is 12.6. The van der Waals surface area contributed by atoms with Gasteiger partial charge in [-0.3, -0.25) is 19.7 Å². The Morgan fingerprint density at radius 2 is 1.57 bits per heavy atom. The summed E-state index contributed by atoms with van der Waals surface area (Å²) in [4.78, 5) is 35.6. The molecule has 1 aliphatic rings. The van der Waals surface area contributed by atoms with E-state index in [4.69, 9.17) is 9.47 Å². The number of nitro benzene ring substituents is 1. The molecule has 2 atom stereocenters. The van der Waals surface area contributed by atoms with Gasteiger partial charge in [-0.25, -0.2) is 0 Å². The smallest absolute Gasteiger partial charge is 0.324 e. The van der Waals surface area contributed by atoms with Crippen molar-refractivity contribution in [2.45, 2.75) is 5.92 Å². The Kier molecular flexibility index (Phi) is 5.26. The predicted octanol–water partition coefficient (Wildman–Crippen LogP) is 3.35. The topological polar surface area (TPSA) is 95.7 Å². The van der Waals surface area contributed by atoms with Crippen molar-refractivity contribution >= 4 is 23.7 Å². The van der Waals surface area contributed by atoms with Crippen LogP contribution in [0.15, 0.2) is 60.7 Å². The first-order chi connectivity index (χ1) is 13.5. The van der Waals surface area contributed by atoms with Gasteiger partial charge in [0.1, 0.15) is 0 Å². The summed E-state index contributed by atoms with van der Waals surface area (Å²) >= 11 is 0. The molecule has 0 unspecified atom stereocenters. The molecule has 7 heteroatoms. The Balaban J connectivity index is 2.02. The Morgan fingerprint density at radius 1 is 1.00 bits per heavy atom. The summed E-state index contributed by atoms with van der Waals surface area (Å²) in [5.74, 6) is -2.40. The minimum atomic E-state index is -1.51. The third-order valence-corrected chi connectivity index (χ3v) is 5.07. The zero-order valence-electron chi connectivity index (χ0n) is 15.4. The summed E-state index contributed by atoms with van der Waals surface area (Å²) < 4.78 is 9.83. The molecule has 2 aromatic rings. The highest BCUT2D eigenvalue weighted by Crippen LogP contribution is 2.67. The molecule has 0 saturated heterocycles. The van der Waals surface area contributed by atoms with Gasteiger partial charge in [0.15, 0.2) is 5.41 Å². The molecule has 0 aliphatic heterocycles. The molecule has 1 saturated carbocycles. The van der Waals surface area contributed by atoms with Crippen LogP contribution >= 0.6 is 0 Å². The zero-order valence-corrected chi connectivity index (χ0v) is 15.4. The summed E-state index contributed by atoms with van der Waals surface area (Å²) in [5.41, 5.74) is -0.0302. The van der Waals surface area contributed by atoms with E-state index in [2.05, 4.69) is 0 Å². The van der Waals surface area contributed by atoms with Crippen LogP contribution in [0.1, 0.15) is 17.0 Å². The summed E-state index contributed by atoms with van der Waals surface area (Å²) in [5, 5.41) is 10.9. The lowest BCUT2D eigenvalue weighted by Gasteiger charge is -2.13. The number of carbonyl (C=O) groups is 2. The molecular formula is C21H19NO6. The van der Waals surface area contributed by atoms with Crippen molar-refractivity contribution in [1.29, 1.82) is 0 Å². The highest BCUT2D eigenvalue weighted by Gasteiger charge is 2.75. The Morgan fingerprint density at radius 3 is 2.07 bits per heavy atom. The SMILES string of the molecule is COC(=O)C1(C(=O)OC)[C@H](/C=C/c2ccccc2)[C@H]1c1ccc([N+](=O)[O-])cc1. The number of esters is 2. The van der Waals surface area contributed by atoms with Gasteiger partial charge >= 0.3 is 11.9 Å². The van der Waals surface area contributed by atoms with Crippen LogP contribution in [0.4, 0.5) is 5.69 Å². The second-order valence-corrected chi connectivity index (χ2v) is 6.47. The monoisotopic (exact) mass is 381 g/mol. The van der Waals surface area contributed by atoms with E-state index in [9.17, 15) is 19.7 Å². The fourth-order valence-electron chi connectivity index (χ4n) is 3.68. The summed E-state index contributed by atoms with van der Waals surface area (Å²) in [6.07, 6.45) is 3.62. The van der Waals surface area contributed by atoms with E-state index in [-0.39, 0.29) is 5.69 Å². The van der Waals surface area contributed by atoms with Crippen molar-refractivity contribution in [2.24, 2.45) is 11.3 Å². The fraction of sp³-hybridized carbons (Fsp3) is 0.238. The van der Waals surface area contributed by atoms with Gasteiger partial charge < -0.3 is 9.47 Å². The van der Waals surface area contributed by atoms with Gasteiger partial charge in [-0.2, -0.15) is 0 Å². The Bertz CT molecular complexity index is 904. The molecule has 144 valence electrons. The average molecular weight is 381 g/mol. The van der Waals surface area contributed by atoms with Crippen molar-refractivity contribution in [1.82, 2.24) is 0 Å². The van der Waals surface area contributed by atoms with Gasteiger partial charge in [-0.1, -0.05) is 54.6 Å². The van der Waals surface area contributed by atoms with E-state index in [0.717, 1.165) is 5.56 Å². The molecule has 1 fully saturated rings. The predicted molar refractivity (Wildman–Crippen MR) is 101 cm³/mol. The van der Waals surface area contributed by atoms with E-state index in [1.54, 1.807) is 18.2 Å². The average Bonchev–Trinajstić information content (AvgIpc) is 3.41. The molecule has 1 aliphatic carbocycles. The molecule has 3 rings (SSSR count). The lowest BCUT2D eigenvalue weighted by molar-refractivity contribution is -0.384. The Labute approximate surface area is 161 Å². The van der Waals surface area contributed by atoms with Crippen molar-refractivity contribution in [3.8, 4) is 0 Å². The second kappa shape index (κ2) is 7.64. The number of nitro groups is 1. The molecule has 0 aromatic heterocycles. The number of carbonyl (C=O) groups excluding carboxylic acids is 2. The van der Waals surface area contributed by atoms with E-state index < -0.39 is 34.1 Å². The van der Waals surface area contributed by atoms with E-state index in [1.165, 1.54) is 26.4 Å². The number of ether oxygens (including phenoxy) is 2. The van der Waals surface area contributed by atoms with E-state index in [1.807, 2.05) is 36.4 Å². The molecule has 2 aromatic carbocycles. The third-order valence-electron chi connectivity index (χ3n) is 5.07. The van der Waals surface area contributed by atoms with Crippen LogP contribution in [0.5, 0.6) is 0 Å². The van der Waals surface area contributed by atoms with Crippen LogP contribution < -0.4 is 0 Å². The largest absolute Gasteiger partial charge is 0.468 e. The zero-order chi connectivity index (χ0) is 20.3. The van der Waals surface area contributed by atoms with Crippen LogP contribution in [-0.4, -0.2) is 31.1 Å². The maximum atomic E-state index is 12.6. The van der Waals surface area contributed by atoms with Crippen LogP contribution in [0.3, 0.4) is 0 Å². The normalized spacial score (nSPS) is 19.8. The number of rotatable bonds is 6. The molecule has 0 spiro atoms. The minimum Gasteiger partial charge on any atom is -0.468 e. The van der Waals surface area contributed by atoms with Crippen molar-refractivity contribution in [3.05, 3.63) is 81.9 Å². The van der Waals surface area contributed by atoms with Gasteiger partial charge in [0.05, 0.1) is 19.1 Å². The molecule has 0 N–H and O–H groups in total. The van der Waals surface area contributed by atoms with Crippen LogP contribution in [0.2, 0.25) is 0 Å². The molecule has 0 radical (unpaired) electrons. The molecule has 0 bridgehead atoms. The number of benzene rings is 2. The summed E-state index contributed by atoms with van der Waals surface area (Å²) in [7, 11) is 2.44. The van der Waals surface area contributed by atoms with Crippen molar-refractivity contribution < 1.29 is 24.0 Å². The lowest BCUT2D eigenvalue weighted by Crippen LogP contribution is -2.31. The van der Waals surface area contributed by atoms with E-state index >= 15 is 0 Å². The number of non-ortho nitro benzene ring substituents is 1.